The van der Waals surface area contributed by atoms with E-state index in [1.807, 2.05) is 32.0 Å². The highest BCUT2D eigenvalue weighted by Gasteiger charge is 2.36. The van der Waals surface area contributed by atoms with Crippen molar-refractivity contribution in [1.29, 1.82) is 0 Å². The lowest BCUT2D eigenvalue weighted by Crippen LogP contribution is -2.28. The lowest BCUT2D eigenvalue weighted by atomic mass is 10.1. The molecule has 0 bridgehead atoms. The van der Waals surface area contributed by atoms with E-state index in [2.05, 4.69) is 5.32 Å². The second kappa shape index (κ2) is 8.14. The Balaban J connectivity index is 1.66. The molecule has 5 nitrogen and oxygen atoms in total. The minimum atomic E-state index is -4.44. The molecule has 1 N–H and O–H groups in total. The van der Waals surface area contributed by atoms with E-state index in [0.717, 1.165) is 16.8 Å². The molecule has 8 heteroatoms. The number of carbonyl (C=O) groups excluding carboxylic acids is 2. The van der Waals surface area contributed by atoms with E-state index in [1.54, 1.807) is 11.0 Å². The van der Waals surface area contributed by atoms with Crippen LogP contribution in [0.25, 0.3) is 0 Å². The lowest BCUT2D eigenvalue weighted by molar-refractivity contribution is -0.153. The number of ether oxygens (including phenoxy) is 1. The third-order valence-corrected chi connectivity index (χ3v) is 4.87. The Morgan fingerprint density at radius 2 is 1.93 bits per heavy atom. The van der Waals surface area contributed by atoms with E-state index in [4.69, 9.17) is 4.74 Å². The summed E-state index contributed by atoms with van der Waals surface area (Å²) in [5.74, 6) is -1.05. The maximum atomic E-state index is 12.6. The molecule has 1 unspecified atom stereocenters. The van der Waals surface area contributed by atoms with E-state index in [9.17, 15) is 22.8 Å². The van der Waals surface area contributed by atoms with Gasteiger partial charge in [-0.15, -0.1) is 0 Å². The molecule has 1 heterocycles. The fourth-order valence-corrected chi connectivity index (χ4v) is 3.22. The summed E-state index contributed by atoms with van der Waals surface area (Å²) in [6, 6.07) is 11.4. The Labute approximate surface area is 166 Å². The van der Waals surface area contributed by atoms with Crippen molar-refractivity contribution in [3.8, 4) is 5.75 Å². The number of nitrogens with one attached hydrogen (secondary N) is 1. The summed E-state index contributed by atoms with van der Waals surface area (Å²) in [6.07, 6.45) is -4.37. The SMILES string of the molecule is Cc1cccc(N2CC(C(=O)Nc3cccc(OCC(F)(F)F)c3)CC2=O)c1C. The highest BCUT2D eigenvalue weighted by molar-refractivity contribution is 6.04. The number of rotatable bonds is 5. The molecule has 154 valence electrons. The molecule has 0 radical (unpaired) electrons. The van der Waals surface area contributed by atoms with Gasteiger partial charge in [-0.05, 0) is 43.2 Å². The van der Waals surface area contributed by atoms with Crippen molar-refractivity contribution in [2.45, 2.75) is 26.4 Å². The molecule has 1 saturated heterocycles. The quantitative estimate of drug-likeness (QED) is 0.808. The Hall–Kier alpha value is -3.03. The lowest BCUT2D eigenvalue weighted by Gasteiger charge is -2.20. The zero-order valence-electron chi connectivity index (χ0n) is 16.0. The fraction of sp³-hybridized carbons (Fsp3) is 0.333. The van der Waals surface area contributed by atoms with Crippen LogP contribution in [0.3, 0.4) is 0 Å². The van der Waals surface area contributed by atoms with Crippen LogP contribution in [0.5, 0.6) is 5.75 Å². The van der Waals surface area contributed by atoms with Crippen LogP contribution in [0.15, 0.2) is 42.5 Å². The van der Waals surface area contributed by atoms with Crippen molar-refractivity contribution in [3.05, 3.63) is 53.6 Å². The van der Waals surface area contributed by atoms with Gasteiger partial charge in [0.05, 0.1) is 5.92 Å². The van der Waals surface area contributed by atoms with Crippen molar-refractivity contribution in [1.82, 2.24) is 0 Å². The first kappa shape index (κ1) is 20.7. The zero-order valence-corrected chi connectivity index (χ0v) is 16.0. The van der Waals surface area contributed by atoms with Gasteiger partial charge in [0.2, 0.25) is 11.8 Å². The molecule has 2 aromatic carbocycles. The number of anilines is 2. The Morgan fingerprint density at radius 1 is 1.21 bits per heavy atom. The highest BCUT2D eigenvalue weighted by atomic mass is 19.4. The van der Waals surface area contributed by atoms with Crippen LogP contribution in [0.1, 0.15) is 17.5 Å². The van der Waals surface area contributed by atoms with Crippen LogP contribution >= 0.6 is 0 Å². The van der Waals surface area contributed by atoms with Gasteiger partial charge in [0, 0.05) is 30.4 Å². The maximum Gasteiger partial charge on any atom is 0.422 e. The summed E-state index contributed by atoms with van der Waals surface area (Å²) in [4.78, 5) is 26.7. The number of carbonyl (C=O) groups is 2. The monoisotopic (exact) mass is 406 g/mol. The Bertz CT molecular complexity index is 928. The Kier molecular flexibility index (Phi) is 5.81. The van der Waals surface area contributed by atoms with Gasteiger partial charge < -0.3 is 15.0 Å². The molecule has 0 saturated carbocycles. The third kappa shape index (κ3) is 5.07. The molecule has 1 aliphatic heterocycles. The van der Waals surface area contributed by atoms with Gasteiger partial charge in [-0.25, -0.2) is 0 Å². The molecule has 29 heavy (non-hydrogen) atoms. The summed E-state index contributed by atoms with van der Waals surface area (Å²) in [5, 5.41) is 2.66. The summed E-state index contributed by atoms with van der Waals surface area (Å²) >= 11 is 0. The minimum absolute atomic E-state index is 0.000338. The highest BCUT2D eigenvalue weighted by Crippen LogP contribution is 2.30. The minimum Gasteiger partial charge on any atom is -0.484 e. The van der Waals surface area contributed by atoms with Crippen LogP contribution in [-0.2, 0) is 9.59 Å². The van der Waals surface area contributed by atoms with E-state index >= 15 is 0 Å². The van der Waals surface area contributed by atoms with E-state index < -0.39 is 18.7 Å². The number of alkyl halides is 3. The molecular weight excluding hydrogens is 385 g/mol. The number of amides is 2. The number of hydrogen-bond acceptors (Lipinski definition) is 3. The van der Waals surface area contributed by atoms with Gasteiger partial charge in [0.15, 0.2) is 6.61 Å². The molecule has 0 spiro atoms. The maximum absolute atomic E-state index is 12.6. The topological polar surface area (TPSA) is 58.6 Å². The molecule has 1 atom stereocenters. The number of nitrogens with zero attached hydrogens (tertiary/aromatic N) is 1. The molecule has 0 aliphatic carbocycles. The van der Waals surface area contributed by atoms with Crippen molar-refractivity contribution in [2.75, 3.05) is 23.4 Å². The van der Waals surface area contributed by atoms with Crippen molar-refractivity contribution in [2.24, 2.45) is 5.92 Å². The average Bonchev–Trinajstić information content (AvgIpc) is 3.04. The largest absolute Gasteiger partial charge is 0.484 e. The van der Waals surface area contributed by atoms with Gasteiger partial charge in [0.25, 0.3) is 0 Å². The van der Waals surface area contributed by atoms with Crippen molar-refractivity contribution < 1.29 is 27.5 Å². The van der Waals surface area contributed by atoms with Crippen LogP contribution in [-0.4, -0.2) is 31.1 Å². The summed E-state index contributed by atoms with van der Waals surface area (Å²) < 4.78 is 41.6. The van der Waals surface area contributed by atoms with Gasteiger partial charge in [0.1, 0.15) is 5.75 Å². The summed E-state index contributed by atoms with van der Waals surface area (Å²) in [5.41, 5.74) is 3.13. The van der Waals surface area contributed by atoms with E-state index in [0.29, 0.717) is 5.69 Å². The summed E-state index contributed by atoms with van der Waals surface area (Å²) in [7, 11) is 0. The zero-order chi connectivity index (χ0) is 21.2. The van der Waals surface area contributed by atoms with Crippen LogP contribution in [0.4, 0.5) is 24.5 Å². The second-order valence-corrected chi connectivity index (χ2v) is 7.05. The van der Waals surface area contributed by atoms with Crippen LogP contribution < -0.4 is 15.0 Å². The molecule has 1 aliphatic rings. The van der Waals surface area contributed by atoms with Crippen molar-refractivity contribution >= 4 is 23.2 Å². The van der Waals surface area contributed by atoms with E-state index in [-0.39, 0.29) is 30.5 Å². The van der Waals surface area contributed by atoms with Crippen LogP contribution in [0.2, 0.25) is 0 Å². The summed E-state index contributed by atoms with van der Waals surface area (Å²) in [6.45, 7) is 2.72. The smallest absolute Gasteiger partial charge is 0.422 e. The first-order valence-electron chi connectivity index (χ1n) is 9.11. The third-order valence-electron chi connectivity index (χ3n) is 4.87. The first-order valence-corrected chi connectivity index (χ1v) is 9.11. The number of halogens is 3. The number of benzene rings is 2. The fourth-order valence-electron chi connectivity index (χ4n) is 3.22. The van der Waals surface area contributed by atoms with Gasteiger partial charge in [-0.3, -0.25) is 9.59 Å². The Morgan fingerprint density at radius 3 is 2.66 bits per heavy atom. The standard InChI is InChI=1S/C21H21F3N2O3/c1-13-5-3-8-18(14(13)2)26-11-15(9-19(26)27)20(28)25-16-6-4-7-17(10-16)29-12-21(22,23)24/h3-8,10,15H,9,11-12H2,1-2H3,(H,25,28). The predicted molar refractivity (Wildman–Crippen MR) is 103 cm³/mol. The molecule has 2 aromatic rings. The molecule has 1 fully saturated rings. The first-order chi connectivity index (χ1) is 13.6. The molecule has 3 rings (SSSR count). The predicted octanol–water partition coefficient (Wildman–Crippen LogP) is 4.24. The molecule has 0 aromatic heterocycles. The van der Waals surface area contributed by atoms with Gasteiger partial charge >= 0.3 is 6.18 Å². The number of aryl methyl sites for hydroxylation is 1. The molecule has 2 amide bonds. The normalized spacial score (nSPS) is 16.8. The van der Waals surface area contributed by atoms with Gasteiger partial charge in [-0.2, -0.15) is 13.2 Å². The van der Waals surface area contributed by atoms with Crippen molar-refractivity contribution in [3.63, 3.8) is 0 Å². The van der Waals surface area contributed by atoms with E-state index in [1.165, 1.54) is 18.2 Å². The van der Waals surface area contributed by atoms with Gasteiger partial charge in [-0.1, -0.05) is 18.2 Å². The second-order valence-electron chi connectivity index (χ2n) is 7.05. The number of hydrogen-bond donors (Lipinski definition) is 1. The molecular formula is C21H21F3N2O3. The average molecular weight is 406 g/mol. The van der Waals surface area contributed by atoms with Crippen LogP contribution in [0, 0.1) is 19.8 Å².